The molecule has 9 nitrogen and oxygen atoms in total. The SMILES string of the molecule is CN(C)c1cccc2c(S(=O)(=O)N(CC(=O)NCc3ccccc3)Cc3ccc(C(=O)Nc4ccccc4N)cc3)cccc12. The maximum atomic E-state index is 14.3. The van der Waals surface area contributed by atoms with E-state index in [1.807, 2.05) is 67.5 Å². The number of carbonyl (C=O) groups is 2. The molecule has 5 aromatic carbocycles. The minimum atomic E-state index is -4.16. The van der Waals surface area contributed by atoms with Gasteiger partial charge in [0, 0.05) is 49.2 Å². The smallest absolute Gasteiger partial charge is 0.255 e. The Morgan fingerprint density at radius 1 is 0.733 bits per heavy atom. The van der Waals surface area contributed by atoms with Gasteiger partial charge in [0.1, 0.15) is 0 Å². The van der Waals surface area contributed by atoms with Crippen molar-refractivity contribution in [2.45, 2.75) is 18.0 Å². The van der Waals surface area contributed by atoms with Crippen molar-refractivity contribution in [1.82, 2.24) is 9.62 Å². The van der Waals surface area contributed by atoms with Crippen LogP contribution < -0.4 is 21.3 Å². The van der Waals surface area contributed by atoms with Gasteiger partial charge in [-0.25, -0.2) is 8.42 Å². The highest BCUT2D eigenvalue weighted by Crippen LogP contribution is 2.32. The summed E-state index contributed by atoms with van der Waals surface area (Å²) in [6.07, 6.45) is 0. The quantitative estimate of drug-likeness (QED) is 0.173. The summed E-state index contributed by atoms with van der Waals surface area (Å²) in [6.45, 7) is -0.212. The van der Waals surface area contributed by atoms with Gasteiger partial charge in [0.2, 0.25) is 15.9 Å². The van der Waals surface area contributed by atoms with Crippen molar-refractivity contribution in [2.24, 2.45) is 0 Å². The van der Waals surface area contributed by atoms with Crippen molar-refractivity contribution >= 4 is 49.7 Å². The average molecular weight is 622 g/mol. The number of nitrogen functional groups attached to an aromatic ring is 1. The summed E-state index contributed by atoms with van der Waals surface area (Å²) in [6, 6.07) is 33.6. The van der Waals surface area contributed by atoms with Crippen molar-refractivity contribution in [3.8, 4) is 0 Å². The number of fused-ring (bicyclic) bond motifs is 1. The number of anilines is 3. The summed E-state index contributed by atoms with van der Waals surface area (Å²) < 4.78 is 29.8. The van der Waals surface area contributed by atoms with E-state index in [0.29, 0.717) is 27.9 Å². The molecule has 5 aromatic rings. The fraction of sp³-hybridized carbons (Fsp3) is 0.143. The Balaban J connectivity index is 1.43. The third-order valence-electron chi connectivity index (χ3n) is 7.40. The van der Waals surface area contributed by atoms with Crippen LogP contribution in [0.25, 0.3) is 10.8 Å². The minimum absolute atomic E-state index is 0.0849. The molecule has 5 rings (SSSR count). The maximum absolute atomic E-state index is 14.3. The Hall–Kier alpha value is -5.19. The van der Waals surface area contributed by atoms with Gasteiger partial charge in [-0.1, -0.05) is 78.9 Å². The lowest BCUT2D eigenvalue weighted by Crippen LogP contribution is -2.40. The summed E-state index contributed by atoms with van der Waals surface area (Å²) in [7, 11) is -0.356. The zero-order valence-corrected chi connectivity index (χ0v) is 25.9. The van der Waals surface area contributed by atoms with Gasteiger partial charge >= 0.3 is 0 Å². The fourth-order valence-corrected chi connectivity index (χ4v) is 6.62. The Kier molecular flexibility index (Phi) is 9.46. The Labute approximate surface area is 263 Å². The van der Waals surface area contributed by atoms with Crippen molar-refractivity contribution in [1.29, 1.82) is 0 Å². The number of nitrogens with two attached hydrogens (primary N) is 1. The zero-order chi connectivity index (χ0) is 32.0. The first-order valence-electron chi connectivity index (χ1n) is 14.4. The lowest BCUT2D eigenvalue weighted by atomic mass is 10.1. The lowest BCUT2D eigenvalue weighted by molar-refractivity contribution is -0.121. The Morgan fingerprint density at radius 3 is 2.11 bits per heavy atom. The molecule has 0 aliphatic carbocycles. The van der Waals surface area contributed by atoms with Crippen LogP contribution in [0.4, 0.5) is 17.1 Å². The second kappa shape index (κ2) is 13.6. The first-order valence-corrected chi connectivity index (χ1v) is 15.8. The molecule has 0 saturated carbocycles. The van der Waals surface area contributed by atoms with E-state index in [-0.39, 0.29) is 23.9 Å². The maximum Gasteiger partial charge on any atom is 0.255 e. The first kappa shape index (κ1) is 31.2. The van der Waals surface area contributed by atoms with E-state index in [0.717, 1.165) is 16.6 Å². The molecule has 0 aromatic heterocycles. The van der Waals surface area contributed by atoms with Crippen LogP contribution in [0, 0.1) is 0 Å². The number of para-hydroxylation sites is 2. The zero-order valence-electron chi connectivity index (χ0n) is 25.1. The number of benzene rings is 5. The molecule has 0 aliphatic rings. The van der Waals surface area contributed by atoms with Gasteiger partial charge in [-0.3, -0.25) is 9.59 Å². The summed E-state index contributed by atoms with van der Waals surface area (Å²) in [4.78, 5) is 28.0. The van der Waals surface area contributed by atoms with Gasteiger partial charge in [-0.2, -0.15) is 4.31 Å². The van der Waals surface area contributed by atoms with Gasteiger partial charge in [-0.15, -0.1) is 0 Å². The van der Waals surface area contributed by atoms with E-state index in [2.05, 4.69) is 10.6 Å². The van der Waals surface area contributed by atoms with E-state index >= 15 is 0 Å². The number of carbonyl (C=O) groups excluding carboxylic acids is 2. The van der Waals surface area contributed by atoms with Crippen LogP contribution in [-0.4, -0.2) is 45.2 Å². The highest BCUT2D eigenvalue weighted by molar-refractivity contribution is 7.89. The third-order valence-corrected chi connectivity index (χ3v) is 9.25. The van der Waals surface area contributed by atoms with Crippen LogP contribution in [0.3, 0.4) is 0 Å². The standard InChI is InChI=1S/C35H35N5O4S/c1-39(2)32-16-8-13-29-28(32)12-9-17-33(29)45(43,44)40(24-34(41)37-22-25-10-4-3-5-11-25)23-26-18-20-27(21-19-26)35(42)38-31-15-7-6-14-30(31)36/h3-21H,22-24,36H2,1-2H3,(H,37,41)(H,38,42). The fourth-order valence-electron chi connectivity index (χ4n) is 5.03. The molecule has 45 heavy (non-hydrogen) atoms. The molecule has 4 N–H and O–H groups in total. The van der Waals surface area contributed by atoms with Gasteiger partial charge < -0.3 is 21.3 Å². The monoisotopic (exact) mass is 621 g/mol. The highest BCUT2D eigenvalue weighted by Gasteiger charge is 2.29. The summed E-state index contributed by atoms with van der Waals surface area (Å²) in [5.74, 6) is -0.787. The van der Waals surface area contributed by atoms with Crippen molar-refractivity contribution in [3.63, 3.8) is 0 Å². The average Bonchev–Trinajstić information content (AvgIpc) is 3.04. The Bertz CT molecular complexity index is 1930. The van der Waals surface area contributed by atoms with Crippen molar-refractivity contribution < 1.29 is 18.0 Å². The molecular weight excluding hydrogens is 586 g/mol. The molecule has 0 unspecified atom stereocenters. The molecule has 230 valence electrons. The predicted octanol–water partition coefficient (Wildman–Crippen LogP) is 5.25. The van der Waals surface area contributed by atoms with Gasteiger partial charge in [0.15, 0.2) is 0 Å². The molecule has 0 fully saturated rings. The molecule has 0 radical (unpaired) electrons. The van der Waals surface area contributed by atoms with Crippen molar-refractivity contribution in [3.05, 3.63) is 132 Å². The number of amides is 2. The number of sulfonamides is 1. The van der Waals surface area contributed by atoms with Crippen LogP contribution in [0.15, 0.2) is 120 Å². The number of hydrogen-bond acceptors (Lipinski definition) is 6. The molecule has 0 spiro atoms. The predicted molar refractivity (Wildman–Crippen MR) is 179 cm³/mol. The van der Waals surface area contributed by atoms with Crippen LogP contribution >= 0.6 is 0 Å². The summed E-state index contributed by atoms with van der Waals surface area (Å²) in [5.41, 5.74) is 9.66. The van der Waals surface area contributed by atoms with Crippen LogP contribution in [-0.2, 0) is 27.9 Å². The topological polar surface area (TPSA) is 125 Å². The van der Waals surface area contributed by atoms with Crippen LogP contribution in [0.5, 0.6) is 0 Å². The summed E-state index contributed by atoms with van der Waals surface area (Å²) in [5, 5.41) is 6.97. The van der Waals surface area contributed by atoms with Gasteiger partial charge in [-0.05, 0) is 47.5 Å². The van der Waals surface area contributed by atoms with E-state index in [1.54, 1.807) is 66.7 Å². The lowest BCUT2D eigenvalue weighted by Gasteiger charge is -2.24. The van der Waals surface area contributed by atoms with Crippen LogP contribution in [0.1, 0.15) is 21.5 Å². The molecule has 0 atom stereocenters. The molecule has 10 heteroatoms. The molecule has 0 bridgehead atoms. The first-order chi connectivity index (χ1) is 21.6. The second-order valence-corrected chi connectivity index (χ2v) is 12.7. The van der Waals surface area contributed by atoms with E-state index in [1.165, 1.54) is 4.31 Å². The number of nitrogens with one attached hydrogen (secondary N) is 2. The van der Waals surface area contributed by atoms with E-state index < -0.39 is 22.5 Å². The molecular formula is C35H35N5O4S. The largest absolute Gasteiger partial charge is 0.397 e. The minimum Gasteiger partial charge on any atom is -0.397 e. The molecule has 0 heterocycles. The van der Waals surface area contributed by atoms with Gasteiger partial charge in [0.05, 0.1) is 22.8 Å². The van der Waals surface area contributed by atoms with E-state index in [4.69, 9.17) is 5.73 Å². The van der Waals surface area contributed by atoms with Crippen molar-refractivity contribution in [2.75, 3.05) is 36.6 Å². The summed E-state index contributed by atoms with van der Waals surface area (Å²) >= 11 is 0. The van der Waals surface area contributed by atoms with Gasteiger partial charge in [0.25, 0.3) is 5.91 Å². The normalized spacial score (nSPS) is 11.4. The number of nitrogens with zero attached hydrogens (tertiary/aromatic N) is 2. The van der Waals surface area contributed by atoms with Crippen LogP contribution in [0.2, 0.25) is 0 Å². The number of rotatable bonds is 11. The molecule has 0 aliphatic heterocycles. The van der Waals surface area contributed by atoms with E-state index in [9.17, 15) is 18.0 Å². The molecule has 0 saturated heterocycles. The number of hydrogen-bond donors (Lipinski definition) is 3. The highest BCUT2D eigenvalue weighted by atomic mass is 32.2. The third kappa shape index (κ3) is 7.31. The second-order valence-electron chi connectivity index (χ2n) is 10.8. The molecule has 2 amide bonds. The Morgan fingerprint density at radius 2 is 1.40 bits per heavy atom.